The minimum Gasteiger partial charge on any atom is -0.465 e. The maximum absolute atomic E-state index is 13.1. The first-order valence-corrected chi connectivity index (χ1v) is 10.1. The highest BCUT2D eigenvalue weighted by atomic mass is 16.4. The molecule has 1 unspecified atom stereocenters. The second kappa shape index (κ2) is 8.11. The predicted molar refractivity (Wildman–Crippen MR) is 110 cm³/mol. The normalized spacial score (nSPS) is 18.9. The Morgan fingerprint density at radius 2 is 1.86 bits per heavy atom. The van der Waals surface area contributed by atoms with E-state index in [1.807, 2.05) is 42.3 Å². The third-order valence-electron chi connectivity index (χ3n) is 6.13. The summed E-state index contributed by atoms with van der Waals surface area (Å²) in [7, 11) is 1.87. The largest absolute Gasteiger partial charge is 0.465 e. The van der Waals surface area contributed by atoms with Gasteiger partial charge in [-0.1, -0.05) is 6.07 Å². The molecule has 1 atom stereocenters. The van der Waals surface area contributed by atoms with E-state index in [9.17, 15) is 9.59 Å². The average molecular weight is 394 g/mol. The molecule has 152 valence electrons. The van der Waals surface area contributed by atoms with Gasteiger partial charge in [0.2, 0.25) is 0 Å². The van der Waals surface area contributed by atoms with Crippen LogP contribution in [0.15, 0.2) is 42.7 Å². The minimum absolute atomic E-state index is 0.00358. The van der Waals surface area contributed by atoms with E-state index in [0.717, 1.165) is 49.9 Å². The van der Waals surface area contributed by atoms with Gasteiger partial charge in [0, 0.05) is 49.8 Å². The lowest BCUT2D eigenvalue weighted by Crippen LogP contribution is -2.45. The van der Waals surface area contributed by atoms with Crippen LogP contribution in [0.2, 0.25) is 0 Å². The molecule has 1 aliphatic carbocycles. The van der Waals surface area contributed by atoms with Gasteiger partial charge in [0.25, 0.3) is 5.91 Å². The standard InChI is InChI=1S/C22H26N4O3/c1-25(17-8-12-26(13-9-17)18-6-10-23-11-7-18)21(27)16-3-2-15-4-5-20(19(15)14-16)24-22(28)29/h2-3,6-7,10-11,14,17,20,24H,4-5,8-9,12-13H2,1H3,(H,28,29). The Labute approximate surface area is 170 Å². The van der Waals surface area contributed by atoms with Crippen LogP contribution < -0.4 is 10.2 Å². The fourth-order valence-electron chi connectivity index (χ4n) is 4.47. The van der Waals surface area contributed by atoms with E-state index in [-0.39, 0.29) is 18.0 Å². The molecule has 2 aliphatic rings. The number of carbonyl (C=O) groups excluding carboxylic acids is 1. The van der Waals surface area contributed by atoms with Gasteiger partial charge in [0.1, 0.15) is 0 Å². The smallest absolute Gasteiger partial charge is 0.405 e. The van der Waals surface area contributed by atoms with Gasteiger partial charge in [-0.3, -0.25) is 9.78 Å². The Morgan fingerprint density at radius 1 is 1.14 bits per heavy atom. The van der Waals surface area contributed by atoms with Crippen molar-refractivity contribution in [1.29, 1.82) is 0 Å². The van der Waals surface area contributed by atoms with Gasteiger partial charge in [0.15, 0.2) is 0 Å². The van der Waals surface area contributed by atoms with E-state index >= 15 is 0 Å². The lowest BCUT2D eigenvalue weighted by Gasteiger charge is -2.38. The number of aromatic nitrogens is 1. The first-order valence-electron chi connectivity index (χ1n) is 10.1. The number of pyridine rings is 1. The lowest BCUT2D eigenvalue weighted by atomic mass is 10.00. The van der Waals surface area contributed by atoms with Crippen molar-refractivity contribution >= 4 is 17.7 Å². The number of amides is 2. The van der Waals surface area contributed by atoms with Crippen LogP contribution in [-0.4, -0.2) is 53.2 Å². The number of rotatable bonds is 4. The molecule has 1 saturated heterocycles. The van der Waals surface area contributed by atoms with Crippen molar-refractivity contribution in [2.24, 2.45) is 0 Å². The Hall–Kier alpha value is -3.09. The van der Waals surface area contributed by atoms with Crippen molar-refractivity contribution in [3.63, 3.8) is 0 Å². The summed E-state index contributed by atoms with van der Waals surface area (Å²) in [5, 5.41) is 11.6. The van der Waals surface area contributed by atoms with Crippen LogP contribution in [0.25, 0.3) is 0 Å². The van der Waals surface area contributed by atoms with E-state index in [1.165, 1.54) is 5.69 Å². The molecular formula is C22H26N4O3. The molecule has 1 aromatic heterocycles. The molecule has 2 N–H and O–H groups in total. The predicted octanol–water partition coefficient (Wildman–Crippen LogP) is 3.08. The number of carbonyl (C=O) groups is 2. The van der Waals surface area contributed by atoms with Gasteiger partial charge in [-0.2, -0.15) is 0 Å². The number of fused-ring (bicyclic) bond motifs is 1. The molecule has 29 heavy (non-hydrogen) atoms. The molecule has 2 amide bonds. The summed E-state index contributed by atoms with van der Waals surface area (Å²) in [5.41, 5.74) is 3.85. The van der Waals surface area contributed by atoms with E-state index in [0.29, 0.717) is 5.56 Å². The Morgan fingerprint density at radius 3 is 2.55 bits per heavy atom. The highest BCUT2D eigenvalue weighted by molar-refractivity contribution is 5.94. The summed E-state index contributed by atoms with van der Waals surface area (Å²) in [6.07, 6.45) is 5.98. The number of hydrogen-bond acceptors (Lipinski definition) is 4. The Balaban J connectivity index is 1.42. The quantitative estimate of drug-likeness (QED) is 0.832. The first-order chi connectivity index (χ1) is 14.0. The van der Waals surface area contributed by atoms with Crippen molar-refractivity contribution < 1.29 is 14.7 Å². The molecule has 2 aromatic rings. The van der Waals surface area contributed by atoms with Crippen molar-refractivity contribution in [3.8, 4) is 0 Å². The van der Waals surface area contributed by atoms with Crippen LogP contribution in [0.3, 0.4) is 0 Å². The van der Waals surface area contributed by atoms with Crippen molar-refractivity contribution in [1.82, 2.24) is 15.2 Å². The summed E-state index contributed by atoms with van der Waals surface area (Å²) in [6, 6.07) is 9.70. The van der Waals surface area contributed by atoms with Crippen LogP contribution in [0.4, 0.5) is 10.5 Å². The molecule has 0 spiro atoms. The van der Waals surface area contributed by atoms with Crippen LogP contribution in [-0.2, 0) is 6.42 Å². The zero-order valence-electron chi connectivity index (χ0n) is 16.5. The molecule has 1 aromatic carbocycles. The Bertz CT molecular complexity index is 894. The maximum atomic E-state index is 13.1. The summed E-state index contributed by atoms with van der Waals surface area (Å²) in [5.74, 6) is -0.00358. The molecule has 2 heterocycles. The zero-order chi connectivity index (χ0) is 20.4. The van der Waals surface area contributed by atoms with Gasteiger partial charge >= 0.3 is 6.09 Å². The fraction of sp³-hybridized carbons (Fsp3) is 0.409. The molecule has 7 heteroatoms. The second-order valence-electron chi connectivity index (χ2n) is 7.79. The van der Waals surface area contributed by atoms with Gasteiger partial charge in [-0.25, -0.2) is 4.79 Å². The molecule has 1 aliphatic heterocycles. The molecule has 7 nitrogen and oxygen atoms in total. The number of piperidine rings is 1. The van der Waals surface area contributed by atoms with Gasteiger partial charge in [0.05, 0.1) is 6.04 Å². The highest BCUT2D eigenvalue weighted by Gasteiger charge is 2.29. The van der Waals surface area contributed by atoms with Crippen molar-refractivity contribution in [3.05, 3.63) is 59.4 Å². The zero-order valence-corrected chi connectivity index (χ0v) is 16.5. The van der Waals surface area contributed by atoms with E-state index in [4.69, 9.17) is 5.11 Å². The minimum atomic E-state index is -1.03. The number of nitrogens with one attached hydrogen (secondary N) is 1. The number of hydrogen-bond donors (Lipinski definition) is 2. The van der Waals surface area contributed by atoms with E-state index in [2.05, 4.69) is 15.2 Å². The molecule has 0 saturated carbocycles. The van der Waals surface area contributed by atoms with Crippen LogP contribution in [0, 0.1) is 0 Å². The number of aryl methyl sites for hydroxylation is 1. The maximum Gasteiger partial charge on any atom is 0.405 e. The van der Waals surface area contributed by atoms with Crippen LogP contribution in [0.5, 0.6) is 0 Å². The summed E-state index contributed by atoms with van der Waals surface area (Å²) in [4.78, 5) is 32.4. The van der Waals surface area contributed by atoms with Gasteiger partial charge < -0.3 is 20.2 Å². The van der Waals surface area contributed by atoms with Gasteiger partial charge in [-0.15, -0.1) is 0 Å². The first kappa shape index (κ1) is 19.2. The monoisotopic (exact) mass is 394 g/mol. The third kappa shape index (κ3) is 4.04. The van der Waals surface area contributed by atoms with E-state index < -0.39 is 6.09 Å². The number of nitrogens with zero attached hydrogens (tertiary/aromatic N) is 3. The SMILES string of the molecule is CN(C(=O)c1ccc2c(c1)C(NC(=O)O)CC2)C1CCN(c2ccncc2)CC1. The second-order valence-corrected chi connectivity index (χ2v) is 7.79. The van der Waals surface area contributed by atoms with Crippen molar-refractivity contribution in [2.75, 3.05) is 25.0 Å². The number of benzene rings is 1. The topological polar surface area (TPSA) is 85.8 Å². The van der Waals surface area contributed by atoms with E-state index in [1.54, 1.807) is 12.4 Å². The van der Waals surface area contributed by atoms with Gasteiger partial charge in [-0.05, 0) is 61.1 Å². The van der Waals surface area contributed by atoms with Crippen LogP contribution in [0.1, 0.15) is 46.8 Å². The summed E-state index contributed by atoms with van der Waals surface area (Å²) in [6.45, 7) is 1.81. The molecule has 0 bridgehead atoms. The molecule has 0 radical (unpaired) electrons. The highest BCUT2D eigenvalue weighted by Crippen LogP contribution is 2.32. The lowest BCUT2D eigenvalue weighted by molar-refractivity contribution is 0.0709. The van der Waals surface area contributed by atoms with Crippen molar-refractivity contribution in [2.45, 2.75) is 37.8 Å². The van der Waals surface area contributed by atoms with Crippen LogP contribution >= 0.6 is 0 Å². The number of anilines is 1. The Kier molecular flexibility index (Phi) is 5.38. The third-order valence-corrected chi connectivity index (χ3v) is 6.13. The number of carboxylic acid groups (broad SMARTS) is 1. The molecule has 1 fully saturated rings. The summed E-state index contributed by atoms with van der Waals surface area (Å²) >= 11 is 0. The molecular weight excluding hydrogens is 368 g/mol. The fourth-order valence-corrected chi connectivity index (χ4v) is 4.47. The summed E-state index contributed by atoms with van der Waals surface area (Å²) < 4.78 is 0. The molecule has 4 rings (SSSR count). The average Bonchev–Trinajstić information content (AvgIpc) is 3.15.